The van der Waals surface area contributed by atoms with Gasteiger partial charge in [0.15, 0.2) is 5.69 Å². The maximum Gasteiger partial charge on any atom is 0.273 e. The van der Waals surface area contributed by atoms with Crippen molar-refractivity contribution in [2.75, 3.05) is 51.9 Å². The van der Waals surface area contributed by atoms with Gasteiger partial charge in [-0.05, 0) is 45.0 Å². The van der Waals surface area contributed by atoms with E-state index in [9.17, 15) is 9.59 Å². The van der Waals surface area contributed by atoms with Crippen molar-refractivity contribution in [3.63, 3.8) is 0 Å². The number of rotatable bonds is 14. The van der Waals surface area contributed by atoms with Crippen LogP contribution in [-0.4, -0.2) is 78.5 Å². The van der Waals surface area contributed by atoms with E-state index in [4.69, 9.17) is 19.9 Å². The van der Waals surface area contributed by atoms with E-state index in [2.05, 4.69) is 20.9 Å². The fourth-order valence-electron chi connectivity index (χ4n) is 2.59. The largest absolute Gasteiger partial charge is 0.399 e. The molecule has 0 bridgehead atoms. The van der Waals surface area contributed by atoms with Crippen LogP contribution < -0.4 is 16.4 Å². The Morgan fingerprint density at radius 1 is 0.939 bits per heavy atom. The first-order chi connectivity index (χ1) is 15.7. The molecule has 11 nitrogen and oxygen atoms in total. The summed E-state index contributed by atoms with van der Waals surface area (Å²) in [5.41, 5.74) is 6.72. The molecular formula is C22H34N6O5. The molecule has 1 aromatic carbocycles. The normalized spacial score (nSPS) is 11.4. The number of nitrogen functional groups attached to an aromatic ring is 1. The standard InChI is InChI=1S/C22H34N6O5/c1-22(2,3)25-21(30)19-16-28(27-26-19)9-11-32-13-15-33-14-12-31-10-8-24-20(29)17-4-6-18(23)7-5-17/h4-7,16H,8-15,23H2,1-3H3,(H,24,29)(H,25,30). The number of aromatic nitrogens is 3. The lowest BCUT2D eigenvalue weighted by Gasteiger charge is -2.19. The fourth-order valence-corrected chi connectivity index (χ4v) is 2.59. The molecule has 0 aliphatic carbocycles. The first-order valence-electron chi connectivity index (χ1n) is 10.8. The van der Waals surface area contributed by atoms with Gasteiger partial charge in [0, 0.05) is 23.3 Å². The van der Waals surface area contributed by atoms with Gasteiger partial charge >= 0.3 is 0 Å². The van der Waals surface area contributed by atoms with Crippen molar-refractivity contribution in [2.45, 2.75) is 32.9 Å². The summed E-state index contributed by atoms with van der Waals surface area (Å²) in [6.45, 7) is 9.17. The molecule has 4 N–H and O–H groups in total. The molecule has 0 saturated heterocycles. The van der Waals surface area contributed by atoms with Crippen molar-refractivity contribution in [3.05, 3.63) is 41.7 Å². The number of carbonyl (C=O) groups excluding carboxylic acids is 2. The van der Waals surface area contributed by atoms with Crippen LogP contribution in [-0.2, 0) is 20.8 Å². The number of carbonyl (C=O) groups is 2. The van der Waals surface area contributed by atoms with Gasteiger partial charge in [-0.15, -0.1) is 5.10 Å². The van der Waals surface area contributed by atoms with Gasteiger partial charge in [0.25, 0.3) is 11.8 Å². The predicted octanol–water partition coefficient (Wildman–Crippen LogP) is 0.868. The van der Waals surface area contributed by atoms with Crippen LogP contribution in [0.15, 0.2) is 30.5 Å². The van der Waals surface area contributed by atoms with Crippen molar-refractivity contribution < 1.29 is 23.8 Å². The summed E-state index contributed by atoms with van der Waals surface area (Å²) in [6.07, 6.45) is 1.59. The molecule has 2 rings (SSSR count). The van der Waals surface area contributed by atoms with E-state index in [1.165, 1.54) is 0 Å². The lowest BCUT2D eigenvalue weighted by molar-refractivity contribution is 0.0133. The molecule has 0 saturated carbocycles. The first kappa shape index (κ1) is 26.2. The molecule has 182 valence electrons. The van der Waals surface area contributed by atoms with Crippen molar-refractivity contribution in [3.8, 4) is 0 Å². The van der Waals surface area contributed by atoms with E-state index in [-0.39, 0.29) is 23.0 Å². The maximum atomic E-state index is 12.0. The second kappa shape index (κ2) is 13.5. The molecule has 0 atom stereocenters. The van der Waals surface area contributed by atoms with Crippen LogP contribution in [0.25, 0.3) is 0 Å². The van der Waals surface area contributed by atoms with Gasteiger partial charge in [-0.2, -0.15) is 0 Å². The summed E-state index contributed by atoms with van der Waals surface area (Å²) in [5.74, 6) is -0.420. The lowest BCUT2D eigenvalue weighted by Crippen LogP contribution is -2.40. The summed E-state index contributed by atoms with van der Waals surface area (Å²) >= 11 is 0. The minimum Gasteiger partial charge on any atom is -0.399 e. The molecule has 33 heavy (non-hydrogen) atoms. The third kappa shape index (κ3) is 10.9. The molecule has 2 amide bonds. The molecule has 0 fully saturated rings. The first-order valence-corrected chi connectivity index (χ1v) is 10.8. The molecular weight excluding hydrogens is 428 g/mol. The Balaban J connectivity index is 1.42. The minimum absolute atomic E-state index is 0.165. The highest BCUT2D eigenvalue weighted by Gasteiger charge is 2.17. The fraction of sp³-hybridized carbons (Fsp3) is 0.545. The maximum absolute atomic E-state index is 12.0. The second-order valence-electron chi connectivity index (χ2n) is 8.29. The highest BCUT2D eigenvalue weighted by atomic mass is 16.5. The Morgan fingerprint density at radius 3 is 2.18 bits per heavy atom. The van der Waals surface area contributed by atoms with Crippen LogP contribution in [0.3, 0.4) is 0 Å². The zero-order valence-corrected chi connectivity index (χ0v) is 19.5. The van der Waals surface area contributed by atoms with E-state index < -0.39 is 0 Å². The molecule has 0 aliphatic rings. The van der Waals surface area contributed by atoms with Crippen molar-refractivity contribution in [2.24, 2.45) is 0 Å². The van der Waals surface area contributed by atoms with E-state index in [1.807, 2.05) is 20.8 Å². The number of nitrogens with zero attached hydrogens (tertiary/aromatic N) is 3. The van der Waals surface area contributed by atoms with E-state index in [1.54, 1.807) is 35.1 Å². The highest BCUT2D eigenvalue weighted by Crippen LogP contribution is 2.05. The molecule has 1 heterocycles. The van der Waals surface area contributed by atoms with E-state index in [0.29, 0.717) is 64.0 Å². The minimum atomic E-state index is -0.330. The zero-order valence-electron chi connectivity index (χ0n) is 19.5. The van der Waals surface area contributed by atoms with Gasteiger partial charge in [0.05, 0.1) is 52.4 Å². The number of anilines is 1. The van der Waals surface area contributed by atoms with Crippen LogP contribution in [0.1, 0.15) is 41.6 Å². The van der Waals surface area contributed by atoms with Gasteiger partial charge in [-0.1, -0.05) is 5.21 Å². The number of nitrogens with one attached hydrogen (secondary N) is 2. The van der Waals surface area contributed by atoms with Crippen molar-refractivity contribution in [1.82, 2.24) is 25.6 Å². The van der Waals surface area contributed by atoms with Crippen molar-refractivity contribution in [1.29, 1.82) is 0 Å². The summed E-state index contributed by atoms with van der Waals surface area (Å²) < 4.78 is 17.9. The number of hydrogen-bond acceptors (Lipinski definition) is 8. The average molecular weight is 463 g/mol. The van der Waals surface area contributed by atoms with Gasteiger partial charge in [-0.25, -0.2) is 4.68 Å². The summed E-state index contributed by atoms with van der Waals surface area (Å²) in [7, 11) is 0. The molecule has 2 aromatic rings. The Hall–Kier alpha value is -3.02. The topological polar surface area (TPSA) is 143 Å². The Labute approximate surface area is 193 Å². The van der Waals surface area contributed by atoms with Crippen molar-refractivity contribution >= 4 is 17.5 Å². The Kier molecular flexibility index (Phi) is 10.7. The van der Waals surface area contributed by atoms with Crippen LogP contribution in [0, 0.1) is 0 Å². The van der Waals surface area contributed by atoms with Gasteiger partial charge < -0.3 is 30.6 Å². The summed E-state index contributed by atoms with van der Waals surface area (Å²) in [6, 6.07) is 6.73. The molecule has 0 radical (unpaired) electrons. The SMILES string of the molecule is CC(C)(C)NC(=O)c1cn(CCOCCOCCOCCNC(=O)c2ccc(N)cc2)nn1. The molecule has 0 aliphatic heterocycles. The number of nitrogens with two attached hydrogens (primary N) is 1. The van der Waals surface area contributed by atoms with Gasteiger partial charge in [-0.3, -0.25) is 9.59 Å². The zero-order chi connectivity index (χ0) is 24.1. The third-order valence-corrected chi connectivity index (χ3v) is 4.17. The summed E-state index contributed by atoms with van der Waals surface area (Å²) in [4.78, 5) is 23.9. The van der Waals surface area contributed by atoms with Crippen LogP contribution in [0.2, 0.25) is 0 Å². The van der Waals surface area contributed by atoms with Gasteiger partial charge in [0.1, 0.15) is 0 Å². The van der Waals surface area contributed by atoms with Crippen LogP contribution in [0.5, 0.6) is 0 Å². The lowest BCUT2D eigenvalue weighted by atomic mass is 10.1. The molecule has 11 heteroatoms. The quantitative estimate of drug-likeness (QED) is 0.277. The van der Waals surface area contributed by atoms with Crippen LogP contribution in [0.4, 0.5) is 5.69 Å². The van der Waals surface area contributed by atoms with Crippen LogP contribution >= 0.6 is 0 Å². The number of benzene rings is 1. The second-order valence-corrected chi connectivity index (χ2v) is 8.29. The third-order valence-electron chi connectivity index (χ3n) is 4.17. The monoisotopic (exact) mass is 462 g/mol. The average Bonchev–Trinajstić information content (AvgIpc) is 3.23. The molecule has 0 spiro atoms. The Morgan fingerprint density at radius 2 is 1.55 bits per heavy atom. The van der Waals surface area contributed by atoms with E-state index in [0.717, 1.165) is 0 Å². The smallest absolute Gasteiger partial charge is 0.273 e. The molecule has 1 aromatic heterocycles. The predicted molar refractivity (Wildman–Crippen MR) is 123 cm³/mol. The number of ether oxygens (including phenoxy) is 3. The van der Waals surface area contributed by atoms with E-state index >= 15 is 0 Å². The number of hydrogen-bond donors (Lipinski definition) is 3. The number of amides is 2. The summed E-state index contributed by atoms with van der Waals surface area (Å²) in [5, 5.41) is 13.4. The molecule has 0 unspecified atom stereocenters. The van der Waals surface area contributed by atoms with Gasteiger partial charge in [0.2, 0.25) is 0 Å². The Bertz CT molecular complexity index is 863. The highest BCUT2D eigenvalue weighted by molar-refractivity contribution is 5.94.